The number of Topliss-reactive ketones (excluding diaryl/α,β-unsaturated/α-hetero) is 1. The summed E-state index contributed by atoms with van der Waals surface area (Å²) in [6.07, 6.45) is 1.10. The number of aliphatic imine (C=N–C) groups is 1. The molecule has 3 aromatic carbocycles. The lowest BCUT2D eigenvalue weighted by Gasteiger charge is -2.14. The van der Waals surface area contributed by atoms with Gasteiger partial charge in [0.25, 0.3) is 0 Å². The number of carbonyl (C=O) groups is 1. The number of hydrogen-bond donors (Lipinski definition) is 0. The fraction of sp³-hybridized carbons (Fsp3) is 0.185. The van der Waals surface area contributed by atoms with E-state index in [9.17, 15) is 17.6 Å². The Labute approximate surface area is 223 Å². The highest BCUT2D eigenvalue weighted by atomic mass is 35.5. The Morgan fingerprint density at radius 2 is 1.76 bits per heavy atom. The molecule has 0 aliphatic carbocycles. The molecule has 0 N–H and O–H groups in total. The highest BCUT2D eigenvalue weighted by Crippen LogP contribution is 2.35. The van der Waals surface area contributed by atoms with E-state index in [2.05, 4.69) is 10.2 Å². The van der Waals surface area contributed by atoms with Crippen LogP contribution < -0.4 is 4.18 Å². The minimum Gasteiger partial charge on any atom is -0.383 e. The summed E-state index contributed by atoms with van der Waals surface area (Å²) in [5.41, 5.74) is 3.15. The van der Waals surface area contributed by atoms with E-state index in [4.69, 9.17) is 20.8 Å². The van der Waals surface area contributed by atoms with Gasteiger partial charge in [-0.05, 0) is 55.0 Å². The summed E-state index contributed by atoms with van der Waals surface area (Å²) >= 11 is 6.12. The topological polar surface area (TPSA) is 104 Å². The van der Waals surface area contributed by atoms with Crippen LogP contribution in [0.15, 0.2) is 71.7 Å². The van der Waals surface area contributed by atoms with Crippen molar-refractivity contribution in [1.82, 2.24) is 14.8 Å². The molecule has 194 valence electrons. The molecule has 1 aromatic heterocycles. The molecule has 1 aliphatic rings. The second-order valence-corrected chi connectivity index (χ2v) is 11.0. The molecule has 8 nitrogen and oxygen atoms in total. The molecule has 0 radical (unpaired) electrons. The zero-order valence-electron chi connectivity index (χ0n) is 20.4. The van der Waals surface area contributed by atoms with E-state index in [1.165, 1.54) is 12.1 Å². The zero-order chi connectivity index (χ0) is 27.0. The van der Waals surface area contributed by atoms with Gasteiger partial charge in [-0.15, -0.1) is 10.2 Å². The molecule has 0 amide bonds. The lowest BCUT2D eigenvalue weighted by atomic mass is 9.99. The lowest BCUT2D eigenvalue weighted by Crippen LogP contribution is -2.12. The van der Waals surface area contributed by atoms with E-state index >= 15 is 0 Å². The Balaban J connectivity index is 1.63. The minimum absolute atomic E-state index is 0.0211. The molecule has 4 aromatic rings. The molecule has 11 heteroatoms. The van der Waals surface area contributed by atoms with Gasteiger partial charge in [0.1, 0.15) is 29.2 Å². The van der Waals surface area contributed by atoms with Crippen molar-refractivity contribution >= 4 is 33.2 Å². The van der Waals surface area contributed by atoms with Gasteiger partial charge in [-0.2, -0.15) is 8.42 Å². The van der Waals surface area contributed by atoms with Crippen LogP contribution in [0.4, 0.5) is 4.39 Å². The Kier molecular flexibility index (Phi) is 6.85. The number of carbonyl (C=O) groups excluding carboxylic acids is 1. The standard InChI is InChI=1S/C27H22ClFN4O4S/c1-16-31-32-27-24(14-21(34)13-17-3-9-20(29)10-4-17)30-26(18-5-7-19(28)8-6-18)23-15-22(37-38(2,35)36)11-12-25(23)33(16)27/h3-12,15,24H,13-14H2,1-2H3/t24-/m0/s1. The van der Waals surface area contributed by atoms with Crippen LogP contribution in [-0.2, 0) is 21.3 Å². The highest BCUT2D eigenvalue weighted by molar-refractivity contribution is 7.86. The molecule has 0 spiro atoms. The number of fused-ring (bicyclic) bond motifs is 3. The molecule has 2 heterocycles. The molecule has 0 unspecified atom stereocenters. The first-order valence-corrected chi connectivity index (χ1v) is 13.8. The van der Waals surface area contributed by atoms with Crippen molar-refractivity contribution in [2.45, 2.75) is 25.8 Å². The summed E-state index contributed by atoms with van der Waals surface area (Å²) < 4.78 is 43.9. The monoisotopic (exact) mass is 552 g/mol. The Morgan fingerprint density at radius 1 is 1.05 bits per heavy atom. The predicted octanol–water partition coefficient (Wildman–Crippen LogP) is 4.80. The second-order valence-electron chi connectivity index (χ2n) is 8.95. The zero-order valence-corrected chi connectivity index (χ0v) is 22.0. The van der Waals surface area contributed by atoms with Gasteiger partial charge < -0.3 is 4.18 Å². The number of benzene rings is 3. The minimum atomic E-state index is -3.77. The number of ketones is 1. The molecule has 1 aliphatic heterocycles. The third-order valence-corrected chi connectivity index (χ3v) is 6.74. The Morgan fingerprint density at radius 3 is 2.45 bits per heavy atom. The van der Waals surface area contributed by atoms with Crippen molar-refractivity contribution in [3.8, 4) is 11.4 Å². The summed E-state index contributed by atoms with van der Waals surface area (Å²) in [4.78, 5) is 18.1. The van der Waals surface area contributed by atoms with E-state index in [-0.39, 0.29) is 30.2 Å². The molecule has 0 saturated carbocycles. The summed E-state index contributed by atoms with van der Waals surface area (Å²) in [6, 6.07) is 17.0. The van der Waals surface area contributed by atoms with Crippen LogP contribution in [0, 0.1) is 12.7 Å². The first-order chi connectivity index (χ1) is 18.1. The number of rotatable bonds is 7. The van der Waals surface area contributed by atoms with E-state index in [1.54, 1.807) is 61.5 Å². The van der Waals surface area contributed by atoms with Crippen molar-refractivity contribution in [1.29, 1.82) is 0 Å². The maximum absolute atomic E-state index is 13.3. The van der Waals surface area contributed by atoms with Crippen molar-refractivity contribution in [2.75, 3.05) is 6.26 Å². The van der Waals surface area contributed by atoms with Crippen LogP contribution in [-0.4, -0.2) is 40.9 Å². The van der Waals surface area contributed by atoms with Gasteiger partial charge in [-0.3, -0.25) is 14.4 Å². The van der Waals surface area contributed by atoms with E-state index in [0.29, 0.717) is 44.8 Å². The van der Waals surface area contributed by atoms with Gasteiger partial charge in [0, 0.05) is 29.0 Å². The number of nitrogens with zero attached hydrogens (tertiary/aromatic N) is 4. The first kappa shape index (κ1) is 25.7. The Bertz CT molecular complexity index is 1670. The van der Waals surface area contributed by atoms with Crippen LogP contribution in [0.5, 0.6) is 5.75 Å². The van der Waals surface area contributed by atoms with Gasteiger partial charge in [-0.1, -0.05) is 35.9 Å². The molecule has 0 saturated heterocycles. The van der Waals surface area contributed by atoms with Crippen molar-refractivity contribution in [3.05, 3.63) is 106 Å². The fourth-order valence-electron chi connectivity index (χ4n) is 4.39. The number of halogens is 2. The molecule has 0 fully saturated rings. The molecular formula is C27H22ClFN4O4S. The van der Waals surface area contributed by atoms with Crippen molar-refractivity contribution in [3.63, 3.8) is 0 Å². The number of aromatic nitrogens is 3. The van der Waals surface area contributed by atoms with Gasteiger partial charge in [0.05, 0.1) is 17.7 Å². The van der Waals surface area contributed by atoms with Crippen molar-refractivity contribution < 1.29 is 21.8 Å². The van der Waals surface area contributed by atoms with Gasteiger partial charge in [-0.25, -0.2) is 4.39 Å². The van der Waals surface area contributed by atoms with Crippen LogP contribution in [0.2, 0.25) is 5.02 Å². The van der Waals surface area contributed by atoms with Gasteiger partial charge in [0.2, 0.25) is 0 Å². The summed E-state index contributed by atoms with van der Waals surface area (Å²) in [5, 5.41) is 9.11. The van der Waals surface area contributed by atoms with Gasteiger partial charge in [0.15, 0.2) is 5.82 Å². The summed E-state index contributed by atoms with van der Waals surface area (Å²) in [7, 11) is -3.77. The first-order valence-electron chi connectivity index (χ1n) is 11.6. The molecule has 38 heavy (non-hydrogen) atoms. The van der Waals surface area contributed by atoms with Gasteiger partial charge >= 0.3 is 10.1 Å². The Hall–Kier alpha value is -3.89. The van der Waals surface area contributed by atoms with E-state index < -0.39 is 16.2 Å². The largest absolute Gasteiger partial charge is 0.383 e. The quantitative estimate of drug-likeness (QED) is 0.305. The van der Waals surface area contributed by atoms with Crippen molar-refractivity contribution in [2.24, 2.45) is 4.99 Å². The maximum atomic E-state index is 13.3. The van der Waals surface area contributed by atoms with Crippen LogP contribution in [0.3, 0.4) is 0 Å². The average Bonchev–Trinajstić information content (AvgIpc) is 3.18. The average molecular weight is 553 g/mol. The SMILES string of the molecule is Cc1nnc2n1-c1ccc(OS(C)(=O)=O)cc1C(c1ccc(Cl)cc1)=N[C@H]2CC(=O)Cc1ccc(F)cc1. The van der Waals surface area contributed by atoms with Crippen LogP contribution in [0.1, 0.15) is 40.8 Å². The smallest absolute Gasteiger partial charge is 0.306 e. The van der Waals surface area contributed by atoms with Crippen LogP contribution >= 0.6 is 11.6 Å². The van der Waals surface area contributed by atoms with E-state index in [1.807, 2.05) is 4.57 Å². The fourth-order valence-corrected chi connectivity index (χ4v) is 4.97. The molecular weight excluding hydrogens is 531 g/mol. The third kappa shape index (κ3) is 5.51. The normalized spacial score (nSPS) is 14.7. The predicted molar refractivity (Wildman–Crippen MR) is 141 cm³/mol. The molecule has 0 bridgehead atoms. The molecule has 1 atom stereocenters. The lowest BCUT2D eigenvalue weighted by molar-refractivity contribution is -0.118. The summed E-state index contributed by atoms with van der Waals surface area (Å²) in [6.45, 7) is 1.78. The third-order valence-electron chi connectivity index (χ3n) is 6.00. The van der Waals surface area contributed by atoms with Crippen LogP contribution in [0.25, 0.3) is 5.69 Å². The number of aryl methyl sites for hydroxylation is 1. The summed E-state index contributed by atoms with van der Waals surface area (Å²) in [5.74, 6) is 0.673. The maximum Gasteiger partial charge on any atom is 0.306 e. The second kappa shape index (κ2) is 10.1. The molecule has 5 rings (SSSR count). The van der Waals surface area contributed by atoms with E-state index in [0.717, 1.165) is 6.26 Å². The highest BCUT2D eigenvalue weighted by Gasteiger charge is 2.30. The number of hydrogen-bond acceptors (Lipinski definition) is 7.